The summed E-state index contributed by atoms with van der Waals surface area (Å²) >= 11 is 1.65. The highest BCUT2D eigenvalue weighted by Crippen LogP contribution is 2.38. The SMILES string of the molecule is CC1CC(O)(Cc2cncs2)CN1C1CC1. The molecule has 2 atom stereocenters. The smallest absolute Gasteiger partial charge is 0.0837 e. The zero-order valence-electron chi connectivity index (χ0n) is 9.59. The van der Waals surface area contributed by atoms with Crippen LogP contribution in [0.1, 0.15) is 31.1 Å². The molecular formula is C12H18N2OS. The predicted octanol–water partition coefficient (Wildman–Crippen LogP) is 1.67. The van der Waals surface area contributed by atoms with Crippen LogP contribution in [0.25, 0.3) is 0 Å². The predicted molar refractivity (Wildman–Crippen MR) is 64.6 cm³/mol. The van der Waals surface area contributed by atoms with Crippen molar-refractivity contribution in [3.8, 4) is 0 Å². The fourth-order valence-corrected chi connectivity index (χ4v) is 3.64. The van der Waals surface area contributed by atoms with Crippen molar-refractivity contribution in [3.05, 3.63) is 16.6 Å². The molecule has 1 aliphatic carbocycles. The Morgan fingerprint density at radius 2 is 2.44 bits per heavy atom. The Labute approximate surface area is 100 Å². The van der Waals surface area contributed by atoms with Gasteiger partial charge in [-0.1, -0.05) is 0 Å². The van der Waals surface area contributed by atoms with Crippen LogP contribution in [0.4, 0.5) is 0 Å². The Morgan fingerprint density at radius 3 is 3.06 bits per heavy atom. The second kappa shape index (κ2) is 3.79. The van der Waals surface area contributed by atoms with Crippen molar-refractivity contribution in [3.63, 3.8) is 0 Å². The number of β-amino-alcohol motifs (C(OH)–C–C–N with tert-alkyl or cyclic N) is 1. The van der Waals surface area contributed by atoms with E-state index in [1.165, 1.54) is 17.7 Å². The Balaban J connectivity index is 1.69. The van der Waals surface area contributed by atoms with Crippen LogP contribution in [-0.2, 0) is 6.42 Å². The molecule has 1 aromatic heterocycles. The number of thiazole rings is 1. The monoisotopic (exact) mass is 238 g/mol. The van der Waals surface area contributed by atoms with Crippen molar-refractivity contribution in [1.82, 2.24) is 9.88 Å². The Bertz CT molecular complexity index is 363. The third-order valence-electron chi connectivity index (χ3n) is 3.72. The summed E-state index contributed by atoms with van der Waals surface area (Å²) in [6.07, 6.45) is 6.20. The molecule has 2 aliphatic rings. The lowest BCUT2D eigenvalue weighted by Crippen LogP contribution is -2.36. The summed E-state index contributed by atoms with van der Waals surface area (Å²) in [4.78, 5) is 7.76. The van der Waals surface area contributed by atoms with Crippen LogP contribution in [-0.4, -0.2) is 39.2 Å². The Kier molecular flexibility index (Phi) is 2.53. The first kappa shape index (κ1) is 10.7. The molecule has 1 saturated carbocycles. The first-order chi connectivity index (χ1) is 7.66. The van der Waals surface area contributed by atoms with E-state index in [1.54, 1.807) is 11.3 Å². The van der Waals surface area contributed by atoms with Crippen molar-refractivity contribution in [2.75, 3.05) is 6.54 Å². The van der Waals surface area contributed by atoms with Gasteiger partial charge in [-0.05, 0) is 26.2 Å². The van der Waals surface area contributed by atoms with Crippen molar-refractivity contribution in [2.24, 2.45) is 0 Å². The van der Waals surface area contributed by atoms with E-state index in [9.17, 15) is 5.11 Å². The van der Waals surface area contributed by atoms with Crippen LogP contribution in [0.2, 0.25) is 0 Å². The van der Waals surface area contributed by atoms with E-state index in [4.69, 9.17) is 0 Å². The zero-order valence-corrected chi connectivity index (χ0v) is 10.4. The number of hydrogen-bond donors (Lipinski definition) is 1. The lowest BCUT2D eigenvalue weighted by molar-refractivity contribution is 0.0494. The van der Waals surface area contributed by atoms with Crippen LogP contribution in [0.15, 0.2) is 11.7 Å². The summed E-state index contributed by atoms with van der Waals surface area (Å²) in [6.45, 7) is 3.08. The molecule has 0 bridgehead atoms. The first-order valence-electron chi connectivity index (χ1n) is 6.02. The quantitative estimate of drug-likeness (QED) is 0.870. The number of rotatable bonds is 3. The van der Waals surface area contributed by atoms with E-state index < -0.39 is 5.60 Å². The molecule has 88 valence electrons. The first-order valence-corrected chi connectivity index (χ1v) is 6.90. The topological polar surface area (TPSA) is 36.4 Å². The second-order valence-corrected chi connectivity index (χ2v) is 6.30. The average Bonchev–Trinajstić information content (AvgIpc) is 2.86. The van der Waals surface area contributed by atoms with E-state index >= 15 is 0 Å². The Morgan fingerprint density at radius 1 is 1.62 bits per heavy atom. The number of hydrogen-bond acceptors (Lipinski definition) is 4. The van der Waals surface area contributed by atoms with Crippen molar-refractivity contribution < 1.29 is 5.11 Å². The largest absolute Gasteiger partial charge is 0.388 e. The average molecular weight is 238 g/mol. The molecule has 0 spiro atoms. The van der Waals surface area contributed by atoms with Gasteiger partial charge in [0, 0.05) is 36.1 Å². The third-order valence-corrected chi connectivity index (χ3v) is 4.50. The number of nitrogens with zero attached hydrogens (tertiary/aromatic N) is 2. The molecule has 2 unspecified atom stereocenters. The fourth-order valence-electron chi connectivity index (χ4n) is 2.90. The van der Waals surface area contributed by atoms with Crippen LogP contribution >= 0.6 is 11.3 Å². The minimum Gasteiger partial charge on any atom is -0.388 e. The van der Waals surface area contributed by atoms with Crippen LogP contribution in [0, 0.1) is 0 Å². The number of likely N-dealkylation sites (tertiary alicyclic amines) is 1. The summed E-state index contributed by atoms with van der Waals surface area (Å²) in [5.74, 6) is 0. The highest BCUT2D eigenvalue weighted by Gasteiger charge is 2.46. The highest BCUT2D eigenvalue weighted by atomic mass is 32.1. The van der Waals surface area contributed by atoms with Gasteiger partial charge >= 0.3 is 0 Å². The molecule has 1 N–H and O–H groups in total. The molecule has 2 heterocycles. The summed E-state index contributed by atoms with van der Waals surface area (Å²) in [7, 11) is 0. The van der Waals surface area contributed by atoms with E-state index in [2.05, 4.69) is 16.8 Å². The fraction of sp³-hybridized carbons (Fsp3) is 0.750. The van der Waals surface area contributed by atoms with Gasteiger partial charge in [0.05, 0.1) is 11.1 Å². The lowest BCUT2D eigenvalue weighted by atomic mass is 9.96. The Hall–Kier alpha value is -0.450. The van der Waals surface area contributed by atoms with Gasteiger partial charge in [0.25, 0.3) is 0 Å². The lowest BCUT2D eigenvalue weighted by Gasteiger charge is -2.23. The van der Waals surface area contributed by atoms with Crippen molar-refractivity contribution in [1.29, 1.82) is 0 Å². The summed E-state index contributed by atoms with van der Waals surface area (Å²) < 4.78 is 0. The molecule has 1 aromatic rings. The molecular weight excluding hydrogens is 220 g/mol. The molecule has 0 radical (unpaired) electrons. The van der Waals surface area contributed by atoms with Gasteiger partial charge in [0.1, 0.15) is 0 Å². The van der Waals surface area contributed by atoms with Gasteiger partial charge in [-0.15, -0.1) is 11.3 Å². The summed E-state index contributed by atoms with van der Waals surface area (Å²) in [6, 6.07) is 1.29. The maximum Gasteiger partial charge on any atom is 0.0837 e. The third kappa shape index (κ3) is 2.01. The molecule has 3 nitrogen and oxygen atoms in total. The number of aromatic nitrogens is 1. The molecule has 4 heteroatoms. The summed E-state index contributed by atoms with van der Waals surface area (Å²) in [5, 5.41) is 10.6. The van der Waals surface area contributed by atoms with Crippen LogP contribution in [0.3, 0.4) is 0 Å². The molecule has 1 saturated heterocycles. The van der Waals surface area contributed by atoms with Gasteiger partial charge in [-0.25, -0.2) is 0 Å². The minimum absolute atomic E-state index is 0.519. The van der Waals surface area contributed by atoms with Gasteiger partial charge in [-0.2, -0.15) is 0 Å². The van der Waals surface area contributed by atoms with Crippen molar-refractivity contribution >= 4 is 11.3 Å². The standard InChI is InChI=1S/C12H18N2OS/c1-9-4-12(15,5-11-6-13-8-16-11)7-14(9)10-2-3-10/h6,8-10,15H,2-5,7H2,1H3. The zero-order chi connectivity index (χ0) is 11.2. The molecule has 2 fully saturated rings. The van der Waals surface area contributed by atoms with Gasteiger partial charge in [0.2, 0.25) is 0 Å². The van der Waals surface area contributed by atoms with Gasteiger partial charge in [0.15, 0.2) is 0 Å². The van der Waals surface area contributed by atoms with E-state index in [0.29, 0.717) is 6.04 Å². The number of aliphatic hydroxyl groups is 1. The van der Waals surface area contributed by atoms with E-state index in [0.717, 1.165) is 25.4 Å². The molecule has 1 aliphatic heterocycles. The minimum atomic E-state index is -0.519. The van der Waals surface area contributed by atoms with Crippen LogP contribution < -0.4 is 0 Å². The maximum atomic E-state index is 10.6. The molecule has 0 aromatic carbocycles. The van der Waals surface area contributed by atoms with E-state index in [1.807, 2.05) is 11.7 Å². The molecule has 0 amide bonds. The van der Waals surface area contributed by atoms with Gasteiger partial charge < -0.3 is 5.11 Å². The second-order valence-electron chi connectivity index (χ2n) is 5.33. The van der Waals surface area contributed by atoms with E-state index in [-0.39, 0.29) is 0 Å². The highest BCUT2D eigenvalue weighted by molar-refractivity contribution is 7.09. The summed E-state index contributed by atoms with van der Waals surface area (Å²) in [5.41, 5.74) is 1.32. The maximum absolute atomic E-state index is 10.6. The van der Waals surface area contributed by atoms with Crippen LogP contribution in [0.5, 0.6) is 0 Å². The normalized spacial score (nSPS) is 35.8. The molecule has 3 rings (SSSR count). The molecule has 16 heavy (non-hydrogen) atoms. The van der Waals surface area contributed by atoms with Gasteiger partial charge in [-0.3, -0.25) is 9.88 Å². The van der Waals surface area contributed by atoms with Crippen molar-refractivity contribution in [2.45, 2.75) is 50.3 Å².